The van der Waals surface area contributed by atoms with Crippen LogP contribution in [0.4, 0.5) is 5.82 Å². The van der Waals surface area contributed by atoms with Gasteiger partial charge in [0.25, 0.3) is 0 Å². The number of fused-ring (bicyclic) bond motifs is 4. The molecule has 2 saturated heterocycles. The summed E-state index contributed by atoms with van der Waals surface area (Å²) in [6, 6.07) is 4.61. The molecule has 144 valence electrons. The lowest BCUT2D eigenvalue weighted by Gasteiger charge is -2.35. The maximum atomic E-state index is 5.13. The Morgan fingerprint density at radius 2 is 2.14 bits per heavy atom. The van der Waals surface area contributed by atoms with E-state index in [2.05, 4.69) is 26.8 Å². The molecule has 0 spiro atoms. The first-order valence-corrected chi connectivity index (χ1v) is 11.1. The number of aromatic nitrogens is 3. The Kier molecular flexibility index (Phi) is 4.06. The van der Waals surface area contributed by atoms with Gasteiger partial charge in [-0.2, -0.15) is 0 Å². The number of anilines is 1. The number of nitrogens with zero attached hydrogens (tertiary/aromatic N) is 4. The third kappa shape index (κ3) is 2.72. The molecule has 1 aliphatic carbocycles. The lowest BCUT2D eigenvalue weighted by atomic mass is 9.93. The molecule has 2 atom stereocenters. The second-order valence-electron chi connectivity index (χ2n) is 8.13. The third-order valence-corrected chi connectivity index (χ3v) is 7.59. The lowest BCUT2D eigenvalue weighted by molar-refractivity contribution is 0.383. The molecule has 3 aromatic rings. The Balaban J connectivity index is 1.51. The van der Waals surface area contributed by atoms with Crippen LogP contribution in [0.25, 0.3) is 21.6 Å². The van der Waals surface area contributed by atoms with Gasteiger partial charge in [0.1, 0.15) is 10.6 Å². The summed E-state index contributed by atoms with van der Waals surface area (Å²) in [4.78, 5) is 19.6. The molecular weight excluding hydrogens is 368 g/mol. The number of hydrogen-bond acceptors (Lipinski definition) is 7. The van der Waals surface area contributed by atoms with E-state index < -0.39 is 0 Å². The second kappa shape index (κ2) is 6.76. The molecule has 0 bridgehead atoms. The SMILES string of the molecule is c1cncc(-c2nc(N3CCC4NNCC4C3)c3c4c(sc3n2)CCCC4)c1. The Bertz CT molecular complexity index is 1020. The van der Waals surface area contributed by atoms with E-state index in [1.54, 1.807) is 6.20 Å². The summed E-state index contributed by atoms with van der Waals surface area (Å²) in [5.41, 5.74) is 9.29. The molecule has 3 aliphatic rings. The standard InChI is InChI=1S/C21H24N6S/c1-2-6-17-15(5-1)18-20(27-9-7-16-14(12-27)11-23-26-16)24-19(25-21(18)28-17)13-4-3-8-22-10-13/h3-4,8,10,14,16,23,26H,1-2,5-7,9,11-12H2. The zero-order valence-corrected chi connectivity index (χ0v) is 16.6. The van der Waals surface area contributed by atoms with Gasteiger partial charge in [-0.25, -0.2) is 9.97 Å². The fourth-order valence-electron chi connectivity index (χ4n) is 4.93. The van der Waals surface area contributed by atoms with Gasteiger partial charge in [0.2, 0.25) is 0 Å². The van der Waals surface area contributed by atoms with Gasteiger partial charge in [-0.15, -0.1) is 11.3 Å². The van der Waals surface area contributed by atoms with Crippen LogP contribution in [0.2, 0.25) is 0 Å². The molecule has 0 amide bonds. The van der Waals surface area contributed by atoms with Gasteiger partial charge in [0, 0.05) is 54.4 Å². The average molecular weight is 393 g/mol. The van der Waals surface area contributed by atoms with Crippen LogP contribution < -0.4 is 15.8 Å². The van der Waals surface area contributed by atoms with Gasteiger partial charge < -0.3 is 4.90 Å². The second-order valence-corrected chi connectivity index (χ2v) is 9.21. The first-order chi connectivity index (χ1) is 13.9. The summed E-state index contributed by atoms with van der Waals surface area (Å²) >= 11 is 1.88. The zero-order valence-electron chi connectivity index (χ0n) is 15.8. The Morgan fingerprint density at radius 1 is 1.18 bits per heavy atom. The predicted octanol–water partition coefficient (Wildman–Crippen LogP) is 2.93. The molecule has 0 aromatic carbocycles. The van der Waals surface area contributed by atoms with Crippen molar-refractivity contribution in [1.82, 2.24) is 25.8 Å². The van der Waals surface area contributed by atoms with Crippen molar-refractivity contribution >= 4 is 27.4 Å². The van der Waals surface area contributed by atoms with Crippen LogP contribution in [0.3, 0.4) is 0 Å². The number of piperidine rings is 1. The van der Waals surface area contributed by atoms with E-state index in [9.17, 15) is 0 Å². The number of thiophene rings is 1. The first kappa shape index (κ1) is 16.8. The van der Waals surface area contributed by atoms with E-state index in [0.29, 0.717) is 12.0 Å². The van der Waals surface area contributed by atoms with E-state index in [4.69, 9.17) is 9.97 Å². The number of aryl methyl sites for hydroxylation is 2. The monoisotopic (exact) mass is 392 g/mol. The van der Waals surface area contributed by atoms with Crippen LogP contribution in [0.5, 0.6) is 0 Å². The van der Waals surface area contributed by atoms with E-state index in [1.165, 1.54) is 41.5 Å². The zero-order chi connectivity index (χ0) is 18.5. The number of rotatable bonds is 2. The highest BCUT2D eigenvalue weighted by Crippen LogP contribution is 2.41. The van der Waals surface area contributed by atoms with Crippen molar-refractivity contribution in [2.45, 2.75) is 38.1 Å². The van der Waals surface area contributed by atoms with E-state index in [0.717, 1.165) is 48.1 Å². The van der Waals surface area contributed by atoms with Gasteiger partial charge in [-0.3, -0.25) is 15.8 Å². The van der Waals surface area contributed by atoms with Gasteiger partial charge in [0.05, 0.1) is 5.39 Å². The van der Waals surface area contributed by atoms with E-state index >= 15 is 0 Å². The largest absolute Gasteiger partial charge is 0.355 e. The lowest BCUT2D eigenvalue weighted by Crippen LogP contribution is -2.45. The molecule has 2 aliphatic heterocycles. The summed E-state index contributed by atoms with van der Waals surface area (Å²) in [6.07, 6.45) is 9.76. The summed E-state index contributed by atoms with van der Waals surface area (Å²) < 4.78 is 0. The minimum absolute atomic E-state index is 0.586. The highest BCUT2D eigenvalue weighted by atomic mass is 32.1. The number of hydrazine groups is 1. The normalized spacial score (nSPS) is 24.4. The molecule has 2 unspecified atom stereocenters. The van der Waals surface area contributed by atoms with Gasteiger partial charge in [0.15, 0.2) is 5.82 Å². The molecule has 7 heteroatoms. The molecule has 2 N–H and O–H groups in total. The average Bonchev–Trinajstić information content (AvgIpc) is 3.37. The maximum Gasteiger partial charge on any atom is 0.164 e. The Labute approximate surface area is 168 Å². The Hall–Kier alpha value is -2.09. The van der Waals surface area contributed by atoms with Crippen molar-refractivity contribution in [3.05, 3.63) is 35.0 Å². The molecule has 0 radical (unpaired) electrons. The van der Waals surface area contributed by atoms with Gasteiger partial charge in [-0.05, 0) is 49.8 Å². The highest BCUT2D eigenvalue weighted by molar-refractivity contribution is 7.19. The topological polar surface area (TPSA) is 66.0 Å². The van der Waals surface area contributed by atoms with Crippen molar-refractivity contribution in [3.63, 3.8) is 0 Å². The third-order valence-electron chi connectivity index (χ3n) is 6.40. The molecule has 6 nitrogen and oxygen atoms in total. The van der Waals surface area contributed by atoms with Crippen molar-refractivity contribution in [3.8, 4) is 11.4 Å². The van der Waals surface area contributed by atoms with Crippen molar-refractivity contribution < 1.29 is 0 Å². The fourth-order valence-corrected chi connectivity index (χ4v) is 6.19. The quantitative estimate of drug-likeness (QED) is 0.699. The molecular formula is C21H24N6S. The Morgan fingerprint density at radius 3 is 3.07 bits per heavy atom. The summed E-state index contributed by atoms with van der Waals surface area (Å²) in [5.74, 6) is 2.59. The summed E-state index contributed by atoms with van der Waals surface area (Å²) in [5, 5.41) is 1.32. The van der Waals surface area contributed by atoms with E-state index in [-0.39, 0.29) is 0 Å². The minimum atomic E-state index is 0.586. The molecule has 2 fully saturated rings. The van der Waals surface area contributed by atoms with E-state index in [1.807, 2.05) is 23.6 Å². The maximum absolute atomic E-state index is 5.13. The molecule has 0 saturated carbocycles. The molecule has 6 rings (SSSR count). The molecule has 28 heavy (non-hydrogen) atoms. The van der Waals surface area contributed by atoms with Gasteiger partial charge >= 0.3 is 0 Å². The minimum Gasteiger partial charge on any atom is -0.355 e. The molecule has 3 aromatic heterocycles. The number of hydrogen-bond donors (Lipinski definition) is 2. The smallest absolute Gasteiger partial charge is 0.164 e. The predicted molar refractivity (Wildman–Crippen MR) is 113 cm³/mol. The highest BCUT2D eigenvalue weighted by Gasteiger charge is 2.35. The fraction of sp³-hybridized carbons (Fsp3) is 0.476. The van der Waals surface area contributed by atoms with Crippen LogP contribution in [0.15, 0.2) is 24.5 Å². The van der Waals surface area contributed by atoms with Crippen LogP contribution >= 0.6 is 11.3 Å². The van der Waals surface area contributed by atoms with Crippen LogP contribution in [0, 0.1) is 5.92 Å². The van der Waals surface area contributed by atoms with Crippen molar-refractivity contribution in [2.24, 2.45) is 5.92 Å². The number of pyridine rings is 1. The van der Waals surface area contributed by atoms with Crippen LogP contribution in [-0.4, -0.2) is 40.6 Å². The van der Waals surface area contributed by atoms with Crippen molar-refractivity contribution in [2.75, 3.05) is 24.5 Å². The van der Waals surface area contributed by atoms with Crippen LogP contribution in [0.1, 0.15) is 29.7 Å². The first-order valence-electron chi connectivity index (χ1n) is 10.3. The van der Waals surface area contributed by atoms with Crippen LogP contribution in [-0.2, 0) is 12.8 Å². The van der Waals surface area contributed by atoms with Gasteiger partial charge in [-0.1, -0.05) is 0 Å². The summed E-state index contributed by atoms with van der Waals surface area (Å²) in [7, 11) is 0. The van der Waals surface area contributed by atoms with Crippen molar-refractivity contribution in [1.29, 1.82) is 0 Å². The number of nitrogens with one attached hydrogen (secondary N) is 2. The molecule has 5 heterocycles. The summed E-state index contributed by atoms with van der Waals surface area (Å²) in [6.45, 7) is 3.12.